The first kappa shape index (κ1) is 12.6. The van der Waals surface area contributed by atoms with E-state index in [0.29, 0.717) is 18.1 Å². The van der Waals surface area contributed by atoms with Crippen molar-refractivity contribution >= 4 is 0 Å². The number of benzene rings is 1. The molecule has 0 bridgehead atoms. The van der Waals surface area contributed by atoms with E-state index < -0.39 is 0 Å². The molecule has 0 aliphatic heterocycles. The van der Waals surface area contributed by atoms with Crippen molar-refractivity contribution in [2.45, 2.75) is 19.3 Å². The Kier molecular flexibility index (Phi) is 3.39. The van der Waals surface area contributed by atoms with Crippen LogP contribution in [0.2, 0.25) is 0 Å². The van der Waals surface area contributed by atoms with Gasteiger partial charge in [-0.25, -0.2) is 14.4 Å². The molecule has 0 fully saturated rings. The van der Waals surface area contributed by atoms with Crippen LogP contribution in [0.4, 0.5) is 4.39 Å². The van der Waals surface area contributed by atoms with E-state index in [1.165, 1.54) is 12.1 Å². The summed E-state index contributed by atoms with van der Waals surface area (Å²) in [7, 11) is 0. The molecule has 3 nitrogen and oxygen atoms in total. The second-order valence-corrected chi connectivity index (χ2v) is 4.86. The van der Waals surface area contributed by atoms with Crippen molar-refractivity contribution in [3.8, 4) is 11.3 Å². The van der Waals surface area contributed by atoms with Gasteiger partial charge in [-0.15, -0.1) is 0 Å². The standard InChI is InChI=1S/C14H16FN3/c1-14(2,9-16)13-17-7-6-12(18-13)10-4-3-5-11(15)8-10/h3-8H,9,16H2,1-2H3. The molecule has 0 aliphatic rings. The highest BCUT2D eigenvalue weighted by Crippen LogP contribution is 2.22. The summed E-state index contributed by atoms with van der Waals surface area (Å²) in [5.74, 6) is 0.400. The van der Waals surface area contributed by atoms with E-state index in [4.69, 9.17) is 5.73 Å². The van der Waals surface area contributed by atoms with Gasteiger partial charge in [0, 0.05) is 23.7 Å². The molecule has 0 saturated heterocycles. The highest BCUT2D eigenvalue weighted by Gasteiger charge is 2.22. The van der Waals surface area contributed by atoms with Crippen LogP contribution in [0.25, 0.3) is 11.3 Å². The number of halogens is 1. The largest absolute Gasteiger partial charge is 0.329 e. The van der Waals surface area contributed by atoms with Crippen molar-refractivity contribution in [2.75, 3.05) is 6.54 Å². The Labute approximate surface area is 106 Å². The van der Waals surface area contributed by atoms with Crippen molar-refractivity contribution < 1.29 is 4.39 Å². The number of aromatic nitrogens is 2. The van der Waals surface area contributed by atoms with Gasteiger partial charge in [0.25, 0.3) is 0 Å². The zero-order valence-electron chi connectivity index (χ0n) is 10.5. The maximum atomic E-state index is 13.2. The summed E-state index contributed by atoms with van der Waals surface area (Å²) in [5.41, 5.74) is 6.87. The zero-order chi connectivity index (χ0) is 13.2. The Hall–Kier alpha value is -1.81. The van der Waals surface area contributed by atoms with Gasteiger partial charge in [-0.3, -0.25) is 0 Å². The van der Waals surface area contributed by atoms with Crippen LogP contribution in [0.3, 0.4) is 0 Å². The summed E-state index contributed by atoms with van der Waals surface area (Å²) in [4.78, 5) is 8.71. The molecule has 2 N–H and O–H groups in total. The topological polar surface area (TPSA) is 51.8 Å². The minimum Gasteiger partial charge on any atom is -0.329 e. The first-order chi connectivity index (χ1) is 8.53. The molecular weight excluding hydrogens is 229 g/mol. The van der Waals surface area contributed by atoms with Crippen LogP contribution < -0.4 is 5.73 Å². The lowest BCUT2D eigenvalue weighted by Crippen LogP contribution is -2.30. The molecule has 4 heteroatoms. The third-order valence-corrected chi connectivity index (χ3v) is 2.89. The van der Waals surface area contributed by atoms with Crippen molar-refractivity contribution in [3.05, 3.63) is 48.2 Å². The van der Waals surface area contributed by atoms with Crippen molar-refractivity contribution in [1.82, 2.24) is 9.97 Å². The maximum Gasteiger partial charge on any atom is 0.135 e. The molecule has 2 aromatic rings. The molecule has 18 heavy (non-hydrogen) atoms. The van der Waals surface area contributed by atoms with E-state index >= 15 is 0 Å². The number of nitrogens with two attached hydrogens (primary N) is 1. The zero-order valence-corrected chi connectivity index (χ0v) is 10.5. The van der Waals surface area contributed by atoms with Gasteiger partial charge in [-0.1, -0.05) is 26.0 Å². The van der Waals surface area contributed by atoms with Crippen LogP contribution in [-0.2, 0) is 5.41 Å². The average molecular weight is 245 g/mol. The van der Waals surface area contributed by atoms with Gasteiger partial charge in [0.05, 0.1) is 5.69 Å². The third kappa shape index (κ3) is 2.54. The summed E-state index contributed by atoms with van der Waals surface area (Å²) < 4.78 is 13.2. The number of rotatable bonds is 3. The van der Waals surface area contributed by atoms with Crippen molar-refractivity contribution in [2.24, 2.45) is 5.73 Å². The van der Waals surface area contributed by atoms with E-state index in [2.05, 4.69) is 9.97 Å². The number of nitrogens with zero attached hydrogens (tertiary/aromatic N) is 2. The van der Waals surface area contributed by atoms with Gasteiger partial charge >= 0.3 is 0 Å². The van der Waals surface area contributed by atoms with E-state index in [0.717, 1.165) is 5.56 Å². The minimum atomic E-state index is -0.288. The molecule has 0 saturated carbocycles. The molecule has 0 radical (unpaired) electrons. The Morgan fingerprint density at radius 2 is 2.06 bits per heavy atom. The molecular formula is C14H16FN3. The van der Waals surface area contributed by atoms with Crippen LogP contribution in [-0.4, -0.2) is 16.5 Å². The molecule has 1 aromatic heterocycles. The molecule has 2 rings (SSSR count). The summed E-state index contributed by atoms with van der Waals surface area (Å²) in [6.45, 7) is 4.43. The summed E-state index contributed by atoms with van der Waals surface area (Å²) in [5, 5.41) is 0. The second kappa shape index (κ2) is 4.82. The average Bonchev–Trinajstić information content (AvgIpc) is 2.39. The lowest BCUT2D eigenvalue weighted by Gasteiger charge is -2.20. The van der Waals surface area contributed by atoms with Gasteiger partial charge in [0.2, 0.25) is 0 Å². The Balaban J connectivity index is 2.45. The Bertz CT molecular complexity index is 552. The smallest absolute Gasteiger partial charge is 0.135 e. The molecule has 1 heterocycles. The SMILES string of the molecule is CC(C)(CN)c1nccc(-c2cccc(F)c2)n1. The molecule has 0 spiro atoms. The van der Waals surface area contributed by atoms with Crippen LogP contribution in [0, 0.1) is 5.82 Å². The predicted octanol–water partition coefficient (Wildman–Crippen LogP) is 2.52. The van der Waals surface area contributed by atoms with Gasteiger partial charge in [-0.05, 0) is 18.2 Å². The molecule has 0 atom stereocenters. The molecule has 0 unspecified atom stereocenters. The lowest BCUT2D eigenvalue weighted by atomic mass is 9.92. The fourth-order valence-electron chi connectivity index (χ4n) is 1.58. The van der Waals surface area contributed by atoms with Crippen LogP contribution in [0.1, 0.15) is 19.7 Å². The van der Waals surface area contributed by atoms with Gasteiger partial charge in [0.1, 0.15) is 11.6 Å². The molecule has 94 valence electrons. The van der Waals surface area contributed by atoms with E-state index in [1.807, 2.05) is 19.9 Å². The summed E-state index contributed by atoms with van der Waals surface area (Å²) >= 11 is 0. The van der Waals surface area contributed by atoms with E-state index in [9.17, 15) is 4.39 Å². The van der Waals surface area contributed by atoms with Crippen LogP contribution in [0.5, 0.6) is 0 Å². The monoisotopic (exact) mass is 245 g/mol. The van der Waals surface area contributed by atoms with Crippen molar-refractivity contribution in [1.29, 1.82) is 0 Å². The van der Waals surface area contributed by atoms with Crippen LogP contribution >= 0.6 is 0 Å². The third-order valence-electron chi connectivity index (χ3n) is 2.89. The predicted molar refractivity (Wildman–Crippen MR) is 69.5 cm³/mol. The maximum absolute atomic E-state index is 13.2. The molecule has 0 aliphatic carbocycles. The Morgan fingerprint density at radius 3 is 2.72 bits per heavy atom. The normalized spacial score (nSPS) is 11.6. The summed E-state index contributed by atoms with van der Waals surface area (Å²) in [6, 6.07) is 8.13. The first-order valence-electron chi connectivity index (χ1n) is 5.82. The number of hydrogen-bond acceptors (Lipinski definition) is 3. The fourth-order valence-corrected chi connectivity index (χ4v) is 1.58. The molecule has 0 amide bonds. The quantitative estimate of drug-likeness (QED) is 0.904. The van der Waals surface area contributed by atoms with Gasteiger partial charge < -0.3 is 5.73 Å². The second-order valence-electron chi connectivity index (χ2n) is 4.86. The van der Waals surface area contributed by atoms with Gasteiger partial charge in [0.15, 0.2) is 0 Å². The van der Waals surface area contributed by atoms with E-state index in [1.54, 1.807) is 18.3 Å². The summed E-state index contributed by atoms with van der Waals surface area (Å²) in [6.07, 6.45) is 1.68. The minimum absolute atomic E-state index is 0.272. The first-order valence-corrected chi connectivity index (χ1v) is 5.82. The number of hydrogen-bond donors (Lipinski definition) is 1. The highest BCUT2D eigenvalue weighted by molar-refractivity contribution is 5.58. The van der Waals surface area contributed by atoms with Gasteiger partial charge in [-0.2, -0.15) is 0 Å². The van der Waals surface area contributed by atoms with Crippen LogP contribution in [0.15, 0.2) is 36.5 Å². The molecule has 1 aromatic carbocycles. The fraction of sp³-hybridized carbons (Fsp3) is 0.286. The van der Waals surface area contributed by atoms with Crippen molar-refractivity contribution in [3.63, 3.8) is 0 Å². The Morgan fingerprint density at radius 1 is 1.28 bits per heavy atom. The highest BCUT2D eigenvalue weighted by atomic mass is 19.1. The lowest BCUT2D eigenvalue weighted by molar-refractivity contribution is 0.503. The van der Waals surface area contributed by atoms with E-state index in [-0.39, 0.29) is 11.2 Å².